The molecule has 0 unspecified atom stereocenters. The molecule has 0 spiro atoms. The van der Waals surface area contributed by atoms with Crippen molar-refractivity contribution in [3.05, 3.63) is 28.8 Å². The number of hydrogen-bond acceptors (Lipinski definition) is 3. The van der Waals surface area contributed by atoms with Crippen molar-refractivity contribution in [2.24, 2.45) is 0 Å². The Bertz CT molecular complexity index is 518. The van der Waals surface area contributed by atoms with Gasteiger partial charge in [-0.3, -0.25) is 5.32 Å². The highest BCUT2D eigenvalue weighted by Gasteiger charge is 2.40. The number of carbonyl (C=O) groups excluding carboxylic acids is 1. The van der Waals surface area contributed by atoms with Crippen molar-refractivity contribution in [2.75, 3.05) is 5.32 Å². The lowest BCUT2D eigenvalue weighted by Crippen LogP contribution is -2.27. The SMILES string of the molecule is CC(C)(C)OC(=O)Nc1ccc(CC2(O)CC2)cc1Cl. The topological polar surface area (TPSA) is 58.6 Å². The summed E-state index contributed by atoms with van der Waals surface area (Å²) in [7, 11) is 0. The third-order valence-corrected chi connectivity index (χ3v) is 3.34. The predicted molar refractivity (Wildman–Crippen MR) is 79.2 cm³/mol. The monoisotopic (exact) mass is 297 g/mol. The van der Waals surface area contributed by atoms with Gasteiger partial charge in [0, 0.05) is 6.42 Å². The molecular weight excluding hydrogens is 278 g/mol. The van der Waals surface area contributed by atoms with Gasteiger partial charge < -0.3 is 9.84 Å². The molecule has 1 fully saturated rings. The highest BCUT2D eigenvalue weighted by Crippen LogP contribution is 2.39. The van der Waals surface area contributed by atoms with Crippen LogP contribution in [0.15, 0.2) is 18.2 Å². The lowest BCUT2D eigenvalue weighted by atomic mass is 10.1. The van der Waals surface area contributed by atoms with Crippen LogP contribution in [0.1, 0.15) is 39.2 Å². The molecule has 0 atom stereocenters. The first-order valence-electron chi connectivity index (χ1n) is 6.68. The number of nitrogens with one attached hydrogen (secondary N) is 1. The average Bonchev–Trinajstić information content (AvgIpc) is 2.97. The molecule has 1 aromatic rings. The van der Waals surface area contributed by atoms with Crippen LogP contribution in [-0.2, 0) is 11.2 Å². The lowest BCUT2D eigenvalue weighted by Gasteiger charge is -2.20. The maximum Gasteiger partial charge on any atom is 0.412 e. The number of carbonyl (C=O) groups is 1. The Labute approximate surface area is 124 Å². The first-order chi connectivity index (χ1) is 9.17. The number of benzene rings is 1. The van der Waals surface area contributed by atoms with Gasteiger partial charge in [0.1, 0.15) is 5.60 Å². The van der Waals surface area contributed by atoms with Gasteiger partial charge in [0.25, 0.3) is 0 Å². The fourth-order valence-corrected chi connectivity index (χ4v) is 2.13. The number of anilines is 1. The molecule has 4 nitrogen and oxygen atoms in total. The van der Waals surface area contributed by atoms with E-state index in [1.807, 2.05) is 6.07 Å². The average molecular weight is 298 g/mol. The maximum atomic E-state index is 11.7. The number of amides is 1. The highest BCUT2D eigenvalue weighted by molar-refractivity contribution is 6.33. The van der Waals surface area contributed by atoms with Gasteiger partial charge >= 0.3 is 6.09 Å². The summed E-state index contributed by atoms with van der Waals surface area (Å²) in [6, 6.07) is 5.35. The molecule has 110 valence electrons. The molecule has 2 N–H and O–H groups in total. The molecule has 2 rings (SSSR count). The van der Waals surface area contributed by atoms with E-state index in [9.17, 15) is 9.90 Å². The molecule has 0 aliphatic heterocycles. The summed E-state index contributed by atoms with van der Waals surface area (Å²) in [6.07, 6.45) is 1.73. The molecule has 0 radical (unpaired) electrons. The van der Waals surface area contributed by atoms with E-state index < -0.39 is 17.3 Å². The third-order valence-electron chi connectivity index (χ3n) is 3.03. The Balaban J connectivity index is 2.00. The largest absolute Gasteiger partial charge is 0.444 e. The molecule has 20 heavy (non-hydrogen) atoms. The Kier molecular flexibility index (Phi) is 3.98. The quantitative estimate of drug-likeness (QED) is 0.893. The normalized spacial score (nSPS) is 16.6. The summed E-state index contributed by atoms with van der Waals surface area (Å²) in [5.41, 5.74) is 0.368. The zero-order valence-corrected chi connectivity index (χ0v) is 12.8. The van der Waals surface area contributed by atoms with Crippen LogP contribution in [0.3, 0.4) is 0 Å². The molecular formula is C15H20ClNO3. The standard InChI is InChI=1S/C15H20ClNO3/c1-14(2,3)20-13(18)17-12-5-4-10(8-11(12)16)9-15(19)6-7-15/h4-5,8,19H,6-7,9H2,1-3H3,(H,17,18). The van der Waals surface area contributed by atoms with Crippen molar-refractivity contribution in [1.82, 2.24) is 0 Å². The summed E-state index contributed by atoms with van der Waals surface area (Å²) < 4.78 is 5.17. The van der Waals surface area contributed by atoms with Gasteiger partial charge in [-0.05, 0) is 51.3 Å². The minimum atomic E-state index is -0.552. The van der Waals surface area contributed by atoms with Crippen LogP contribution in [-0.4, -0.2) is 22.4 Å². The second-order valence-electron chi connectivity index (χ2n) is 6.34. The van der Waals surface area contributed by atoms with Crippen molar-refractivity contribution in [2.45, 2.75) is 51.2 Å². The van der Waals surface area contributed by atoms with Crippen molar-refractivity contribution < 1.29 is 14.6 Å². The van der Waals surface area contributed by atoms with Gasteiger partial charge in [0.05, 0.1) is 16.3 Å². The Hall–Kier alpha value is -1.26. The van der Waals surface area contributed by atoms with Gasteiger partial charge in [-0.15, -0.1) is 0 Å². The second kappa shape index (κ2) is 5.26. The first kappa shape index (κ1) is 15.1. The first-order valence-corrected chi connectivity index (χ1v) is 7.06. The van der Waals surface area contributed by atoms with E-state index in [-0.39, 0.29) is 0 Å². The van der Waals surface area contributed by atoms with Crippen molar-refractivity contribution in [3.8, 4) is 0 Å². The van der Waals surface area contributed by atoms with E-state index in [0.29, 0.717) is 17.1 Å². The van der Waals surface area contributed by atoms with Gasteiger partial charge in [0.15, 0.2) is 0 Å². The van der Waals surface area contributed by atoms with Crippen molar-refractivity contribution in [1.29, 1.82) is 0 Å². The van der Waals surface area contributed by atoms with Crippen LogP contribution in [0.2, 0.25) is 5.02 Å². The Morgan fingerprint density at radius 1 is 1.45 bits per heavy atom. The summed E-state index contributed by atoms with van der Waals surface area (Å²) in [6.45, 7) is 5.40. The Morgan fingerprint density at radius 3 is 2.60 bits per heavy atom. The minimum Gasteiger partial charge on any atom is -0.444 e. The van der Waals surface area contributed by atoms with Crippen LogP contribution in [0, 0.1) is 0 Å². The van der Waals surface area contributed by atoms with Crippen LogP contribution in [0.4, 0.5) is 10.5 Å². The van der Waals surface area contributed by atoms with Gasteiger partial charge in [-0.25, -0.2) is 4.79 Å². The van der Waals surface area contributed by atoms with Crippen molar-refractivity contribution in [3.63, 3.8) is 0 Å². The molecule has 1 aliphatic rings. The van der Waals surface area contributed by atoms with E-state index in [0.717, 1.165) is 18.4 Å². The number of rotatable bonds is 3. The molecule has 1 amide bonds. The van der Waals surface area contributed by atoms with Gasteiger partial charge in [0.2, 0.25) is 0 Å². The smallest absolute Gasteiger partial charge is 0.412 e. The van der Waals surface area contributed by atoms with E-state index in [2.05, 4.69) is 5.32 Å². The number of ether oxygens (including phenoxy) is 1. The van der Waals surface area contributed by atoms with Crippen LogP contribution in [0.25, 0.3) is 0 Å². The van der Waals surface area contributed by atoms with Crippen LogP contribution in [0.5, 0.6) is 0 Å². The predicted octanol–water partition coefficient (Wildman–Crippen LogP) is 3.75. The zero-order chi connectivity index (χ0) is 15.0. The molecule has 1 aliphatic carbocycles. The highest BCUT2D eigenvalue weighted by atomic mass is 35.5. The van der Waals surface area contributed by atoms with E-state index in [4.69, 9.17) is 16.3 Å². The second-order valence-corrected chi connectivity index (χ2v) is 6.75. The summed E-state index contributed by atoms with van der Waals surface area (Å²) >= 11 is 6.14. The van der Waals surface area contributed by atoms with Crippen molar-refractivity contribution >= 4 is 23.4 Å². The molecule has 0 heterocycles. The maximum absolute atomic E-state index is 11.7. The number of aliphatic hydroxyl groups is 1. The molecule has 0 saturated heterocycles. The van der Waals surface area contributed by atoms with Gasteiger partial charge in [-0.1, -0.05) is 17.7 Å². The fraction of sp³-hybridized carbons (Fsp3) is 0.533. The van der Waals surface area contributed by atoms with Crippen LogP contribution < -0.4 is 5.32 Å². The fourth-order valence-electron chi connectivity index (χ4n) is 1.88. The van der Waals surface area contributed by atoms with E-state index in [1.54, 1.807) is 32.9 Å². The lowest BCUT2D eigenvalue weighted by molar-refractivity contribution is 0.0636. The zero-order valence-electron chi connectivity index (χ0n) is 12.0. The number of halogens is 1. The summed E-state index contributed by atoms with van der Waals surface area (Å²) in [5.74, 6) is 0. The third kappa shape index (κ3) is 4.39. The minimum absolute atomic E-state index is 0.442. The molecule has 5 heteroatoms. The molecule has 0 aromatic heterocycles. The van der Waals surface area contributed by atoms with E-state index >= 15 is 0 Å². The molecule has 1 saturated carbocycles. The van der Waals surface area contributed by atoms with Crippen LogP contribution >= 0.6 is 11.6 Å². The van der Waals surface area contributed by atoms with E-state index in [1.165, 1.54) is 0 Å². The molecule has 1 aromatic carbocycles. The Morgan fingerprint density at radius 2 is 2.10 bits per heavy atom. The summed E-state index contributed by atoms with van der Waals surface area (Å²) in [4.78, 5) is 11.7. The summed E-state index contributed by atoms with van der Waals surface area (Å²) in [5, 5.41) is 12.9. The van der Waals surface area contributed by atoms with Gasteiger partial charge in [-0.2, -0.15) is 0 Å². The molecule has 0 bridgehead atoms. The number of hydrogen-bond donors (Lipinski definition) is 2.